The molecule has 1 atom stereocenters. The first-order chi connectivity index (χ1) is 8.35. The number of morpholine rings is 1. The van der Waals surface area contributed by atoms with Crippen LogP contribution in [0.2, 0.25) is 0 Å². The van der Waals surface area contributed by atoms with E-state index in [0.29, 0.717) is 6.61 Å². The molecule has 0 radical (unpaired) electrons. The minimum atomic E-state index is -0.801. The Morgan fingerprint density at radius 2 is 2.17 bits per heavy atom. The molecule has 1 amide bonds. The zero-order chi connectivity index (χ0) is 13.8. The molecular weight excluding hydrogens is 238 g/mol. The molecule has 0 saturated carbocycles. The van der Waals surface area contributed by atoms with E-state index in [4.69, 9.17) is 15.0 Å². The van der Waals surface area contributed by atoms with Crippen LogP contribution in [0.4, 0.5) is 4.79 Å². The van der Waals surface area contributed by atoms with Gasteiger partial charge < -0.3 is 15.0 Å². The summed E-state index contributed by atoms with van der Waals surface area (Å²) >= 11 is 0. The van der Waals surface area contributed by atoms with E-state index in [1.54, 1.807) is 20.8 Å². The van der Waals surface area contributed by atoms with Crippen LogP contribution in [0.3, 0.4) is 0 Å². The lowest BCUT2D eigenvalue weighted by atomic mass is 10.1. The molecule has 0 spiro atoms. The van der Waals surface area contributed by atoms with Gasteiger partial charge in [0, 0.05) is 6.54 Å². The molecule has 0 aliphatic carbocycles. The van der Waals surface area contributed by atoms with E-state index >= 15 is 0 Å². The predicted molar refractivity (Wildman–Crippen MR) is 62.2 cm³/mol. The Morgan fingerprint density at radius 1 is 1.50 bits per heavy atom. The number of carbonyl (C=O) groups excluding carboxylic acids is 2. The van der Waals surface area contributed by atoms with E-state index in [0.717, 1.165) is 6.21 Å². The fourth-order valence-electron chi connectivity index (χ4n) is 1.52. The van der Waals surface area contributed by atoms with E-state index in [1.807, 2.05) is 0 Å². The van der Waals surface area contributed by atoms with E-state index in [1.165, 1.54) is 4.90 Å². The molecule has 1 heterocycles. The standard InChI is InChI=1S/C11H17N3O4/c1-11(2,3)18-10(16)14-4-5-17-7-8(14)9(15)6-13-12/h6,8H,4-5,7H2,1-3H3/t8-/m1/s1. The Morgan fingerprint density at radius 3 is 2.72 bits per heavy atom. The summed E-state index contributed by atoms with van der Waals surface area (Å²) in [5.41, 5.74) is 7.72. The van der Waals surface area contributed by atoms with Gasteiger partial charge in [0.05, 0.1) is 13.2 Å². The van der Waals surface area contributed by atoms with Gasteiger partial charge in [-0.05, 0) is 20.8 Å². The lowest BCUT2D eigenvalue weighted by Gasteiger charge is -2.34. The quantitative estimate of drug-likeness (QED) is 0.408. The lowest BCUT2D eigenvalue weighted by molar-refractivity contribution is -0.126. The largest absolute Gasteiger partial charge is 0.444 e. The molecule has 1 aliphatic heterocycles. The van der Waals surface area contributed by atoms with Crippen molar-refractivity contribution >= 4 is 18.1 Å². The fourth-order valence-corrected chi connectivity index (χ4v) is 1.52. The van der Waals surface area contributed by atoms with Crippen molar-refractivity contribution in [3.8, 4) is 0 Å². The second-order valence-electron chi connectivity index (χ2n) is 4.91. The maximum Gasteiger partial charge on any atom is 0.411 e. The number of amides is 1. The van der Waals surface area contributed by atoms with E-state index in [-0.39, 0.29) is 13.2 Å². The van der Waals surface area contributed by atoms with Crippen molar-refractivity contribution < 1.29 is 23.9 Å². The highest BCUT2D eigenvalue weighted by atomic mass is 16.6. The Hall–Kier alpha value is -1.72. The first kappa shape index (κ1) is 14.3. The molecule has 0 N–H and O–H groups in total. The topological polar surface area (TPSA) is 92.2 Å². The molecule has 0 bridgehead atoms. The van der Waals surface area contributed by atoms with Crippen molar-refractivity contribution in [3.05, 3.63) is 5.53 Å². The van der Waals surface area contributed by atoms with Gasteiger partial charge in [-0.2, -0.15) is 4.79 Å². The summed E-state index contributed by atoms with van der Waals surface area (Å²) in [6.07, 6.45) is 0.187. The van der Waals surface area contributed by atoms with Crippen molar-refractivity contribution in [2.45, 2.75) is 32.4 Å². The molecule has 1 saturated heterocycles. The number of ether oxygens (including phenoxy) is 2. The van der Waals surface area contributed by atoms with Gasteiger partial charge in [0.15, 0.2) is 0 Å². The summed E-state index contributed by atoms with van der Waals surface area (Å²) in [6, 6.07) is -0.801. The van der Waals surface area contributed by atoms with Gasteiger partial charge in [-0.3, -0.25) is 9.69 Å². The van der Waals surface area contributed by atoms with Crippen molar-refractivity contribution in [3.63, 3.8) is 0 Å². The molecule has 0 aromatic rings. The van der Waals surface area contributed by atoms with Crippen LogP contribution in [-0.2, 0) is 14.3 Å². The highest BCUT2D eigenvalue weighted by Gasteiger charge is 2.36. The summed E-state index contributed by atoms with van der Waals surface area (Å²) in [6.45, 7) is 5.93. The third kappa shape index (κ3) is 3.94. The van der Waals surface area contributed by atoms with Crippen LogP contribution in [0.1, 0.15) is 20.8 Å². The SMILES string of the molecule is CC(C)(C)OC(=O)N1CCOC[C@@H]1C(=O)C=[N+]=[N-]. The second-order valence-corrected chi connectivity index (χ2v) is 4.91. The molecule has 7 heteroatoms. The van der Waals surface area contributed by atoms with Crippen molar-refractivity contribution in [2.24, 2.45) is 0 Å². The summed E-state index contributed by atoms with van der Waals surface area (Å²) in [5, 5.41) is 0. The minimum Gasteiger partial charge on any atom is -0.444 e. The summed E-state index contributed by atoms with van der Waals surface area (Å²) in [5.74, 6) is -0.497. The van der Waals surface area contributed by atoms with Gasteiger partial charge >= 0.3 is 12.3 Å². The van der Waals surface area contributed by atoms with E-state index in [2.05, 4.69) is 4.79 Å². The zero-order valence-corrected chi connectivity index (χ0v) is 10.8. The molecule has 100 valence electrons. The van der Waals surface area contributed by atoms with Crippen molar-refractivity contribution in [2.75, 3.05) is 19.8 Å². The van der Waals surface area contributed by atoms with E-state index in [9.17, 15) is 9.59 Å². The molecule has 0 aromatic carbocycles. The van der Waals surface area contributed by atoms with Crippen LogP contribution in [0.25, 0.3) is 5.53 Å². The van der Waals surface area contributed by atoms with Gasteiger partial charge in [0.2, 0.25) is 0 Å². The van der Waals surface area contributed by atoms with Crippen LogP contribution in [0.5, 0.6) is 0 Å². The average molecular weight is 255 g/mol. The number of carbonyl (C=O) groups is 2. The smallest absolute Gasteiger partial charge is 0.411 e. The molecule has 1 rings (SSSR count). The van der Waals surface area contributed by atoms with Crippen molar-refractivity contribution in [1.29, 1.82) is 0 Å². The monoisotopic (exact) mass is 255 g/mol. The number of nitrogens with zero attached hydrogens (tertiary/aromatic N) is 3. The third-order valence-electron chi connectivity index (χ3n) is 2.27. The fraction of sp³-hybridized carbons (Fsp3) is 0.727. The Labute approximate surface area is 105 Å². The van der Waals surface area contributed by atoms with E-state index < -0.39 is 23.5 Å². The number of hydrogen-bond donors (Lipinski definition) is 0. The number of rotatable bonds is 2. The maximum absolute atomic E-state index is 11.9. The van der Waals surface area contributed by atoms with Gasteiger partial charge in [-0.15, -0.1) is 0 Å². The predicted octanol–water partition coefficient (Wildman–Crippen LogP) is 0.492. The Bertz CT molecular complexity index is 382. The zero-order valence-electron chi connectivity index (χ0n) is 10.8. The molecule has 1 fully saturated rings. The van der Waals surface area contributed by atoms with Crippen LogP contribution >= 0.6 is 0 Å². The first-order valence-corrected chi connectivity index (χ1v) is 5.64. The van der Waals surface area contributed by atoms with Crippen LogP contribution < -0.4 is 0 Å². The van der Waals surface area contributed by atoms with Gasteiger partial charge in [-0.1, -0.05) is 0 Å². The summed E-state index contributed by atoms with van der Waals surface area (Å²) < 4.78 is 10.4. The normalized spacial score (nSPS) is 19.9. The molecular formula is C11H17N3O4. The van der Waals surface area contributed by atoms with Gasteiger partial charge in [0.25, 0.3) is 5.78 Å². The second kappa shape index (κ2) is 5.75. The highest BCUT2D eigenvalue weighted by Crippen LogP contribution is 2.14. The van der Waals surface area contributed by atoms with Crippen LogP contribution in [-0.4, -0.2) is 59.2 Å². The summed E-state index contributed by atoms with van der Waals surface area (Å²) in [4.78, 5) is 27.5. The highest BCUT2D eigenvalue weighted by molar-refractivity contribution is 6.28. The van der Waals surface area contributed by atoms with Crippen LogP contribution in [0, 0.1) is 0 Å². The lowest BCUT2D eigenvalue weighted by Crippen LogP contribution is -2.54. The average Bonchev–Trinajstić information content (AvgIpc) is 2.27. The minimum absolute atomic E-state index is 0.0735. The summed E-state index contributed by atoms with van der Waals surface area (Å²) in [7, 11) is 0. The molecule has 7 nitrogen and oxygen atoms in total. The number of hydrogen-bond acceptors (Lipinski definition) is 4. The maximum atomic E-state index is 11.9. The molecule has 18 heavy (non-hydrogen) atoms. The van der Waals surface area contributed by atoms with Crippen molar-refractivity contribution in [1.82, 2.24) is 4.90 Å². The Kier molecular flexibility index (Phi) is 4.58. The van der Waals surface area contributed by atoms with Crippen LogP contribution in [0.15, 0.2) is 0 Å². The third-order valence-corrected chi connectivity index (χ3v) is 2.27. The molecule has 0 aromatic heterocycles. The van der Waals surface area contributed by atoms with Gasteiger partial charge in [-0.25, -0.2) is 4.79 Å². The molecule has 1 aliphatic rings. The first-order valence-electron chi connectivity index (χ1n) is 5.64. The Balaban J connectivity index is 2.79. The van der Waals surface area contributed by atoms with Gasteiger partial charge in [0.1, 0.15) is 11.6 Å². The number of ketones is 1. The molecule has 0 unspecified atom stereocenters. The number of Topliss-reactive ketones (excluding diaryl/α,β-unsaturated/α-hetero) is 1.